The van der Waals surface area contributed by atoms with E-state index in [9.17, 15) is 13.0 Å². The van der Waals surface area contributed by atoms with Gasteiger partial charge in [0.15, 0.2) is 0 Å². The minimum atomic E-state index is -4.70. The van der Waals surface area contributed by atoms with E-state index < -0.39 is 10.4 Å². The molecule has 15 heavy (non-hydrogen) atoms. The van der Waals surface area contributed by atoms with Crippen molar-refractivity contribution in [2.45, 2.75) is 6.42 Å². The number of hydrogen-bond acceptors (Lipinski definition) is 4. The van der Waals surface area contributed by atoms with Crippen LogP contribution in [0.4, 0.5) is 0 Å². The fourth-order valence-electron chi connectivity index (χ4n) is 1.02. The summed E-state index contributed by atoms with van der Waals surface area (Å²) in [7, 11) is -4.70. The molecule has 0 atom stereocenters. The molecule has 4 nitrogen and oxygen atoms in total. The predicted molar refractivity (Wildman–Crippen MR) is 50.7 cm³/mol. The summed E-state index contributed by atoms with van der Waals surface area (Å²) in [5.41, 5.74) is 0.613. The van der Waals surface area contributed by atoms with E-state index in [2.05, 4.69) is 10.8 Å². The first-order valence-electron chi connectivity index (χ1n) is 3.87. The molecule has 0 aliphatic carbocycles. The van der Waals surface area contributed by atoms with Crippen LogP contribution < -0.4 is 33.7 Å². The van der Waals surface area contributed by atoms with Crippen LogP contribution >= 0.6 is 0 Å². The van der Waals surface area contributed by atoms with Gasteiger partial charge in [0.25, 0.3) is 10.4 Å². The number of rotatable bonds is 4. The summed E-state index contributed by atoms with van der Waals surface area (Å²) < 4.78 is 35.3. The Morgan fingerprint density at radius 3 is 2.53 bits per heavy atom. The second kappa shape index (κ2) is 6.30. The molecule has 1 aromatic carbocycles. The van der Waals surface area contributed by atoms with Crippen LogP contribution in [0, 0.1) is 0 Å². The van der Waals surface area contributed by atoms with Crippen molar-refractivity contribution < 1.29 is 46.7 Å². The molecule has 0 saturated heterocycles. The molecule has 1 rings (SSSR count). The van der Waals surface area contributed by atoms with Crippen molar-refractivity contribution in [1.82, 2.24) is 0 Å². The summed E-state index contributed by atoms with van der Waals surface area (Å²) >= 11 is 0. The zero-order chi connectivity index (χ0) is 10.6. The van der Waals surface area contributed by atoms with Crippen LogP contribution in [0.1, 0.15) is 5.56 Å². The van der Waals surface area contributed by atoms with Crippen molar-refractivity contribution in [2.75, 3.05) is 0 Å². The fourth-order valence-corrected chi connectivity index (χ4v) is 1.40. The number of benzene rings is 1. The summed E-state index contributed by atoms with van der Waals surface area (Å²) in [6.45, 7) is 3.51. The third-order valence-electron chi connectivity index (χ3n) is 1.53. The van der Waals surface area contributed by atoms with Gasteiger partial charge in [-0.25, -0.2) is 8.42 Å². The number of para-hydroxylation sites is 1. The second-order valence-corrected chi connectivity index (χ2v) is 3.58. The van der Waals surface area contributed by atoms with Gasteiger partial charge in [0.1, 0.15) is 5.75 Å². The molecule has 0 bridgehead atoms. The van der Waals surface area contributed by atoms with Gasteiger partial charge in [-0.1, -0.05) is 24.3 Å². The fraction of sp³-hybridized carbons (Fsp3) is 0.111. The van der Waals surface area contributed by atoms with E-state index in [1.807, 2.05) is 0 Å². The molecular formula is C9H9NaO4S. The molecule has 0 unspecified atom stereocenters. The quantitative estimate of drug-likeness (QED) is 0.269. The Bertz CT molecular complexity index is 427. The third-order valence-corrected chi connectivity index (χ3v) is 1.91. The molecule has 0 fully saturated rings. The molecular weight excluding hydrogens is 227 g/mol. The zero-order valence-corrected chi connectivity index (χ0v) is 11.2. The van der Waals surface area contributed by atoms with Crippen LogP contribution in [0.2, 0.25) is 0 Å². The van der Waals surface area contributed by atoms with Gasteiger partial charge in [0.2, 0.25) is 0 Å². The average Bonchev–Trinajstić information content (AvgIpc) is 2.06. The van der Waals surface area contributed by atoms with Gasteiger partial charge >= 0.3 is 29.6 Å². The van der Waals surface area contributed by atoms with Crippen molar-refractivity contribution in [3.05, 3.63) is 42.5 Å². The van der Waals surface area contributed by atoms with Gasteiger partial charge in [-0.15, -0.1) is 6.58 Å². The van der Waals surface area contributed by atoms with Crippen LogP contribution in [-0.4, -0.2) is 13.0 Å². The molecule has 0 amide bonds. The van der Waals surface area contributed by atoms with E-state index in [4.69, 9.17) is 0 Å². The maximum atomic E-state index is 10.4. The summed E-state index contributed by atoms with van der Waals surface area (Å²) in [5.74, 6) is 0.0578. The summed E-state index contributed by atoms with van der Waals surface area (Å²) in [6.07, 6.45) is 2.05. The van der Waals surface area contributed by atoms with Gasteiger partial charge in [-0.3, -0.25) is 0 Å². The van der Waals surface area contributed by atoms with Crippen LogP contribution in [-0.2, 0) is 16.8 Å². The van der Waals surface area contributed by atoms with Crippen LogP contribution in [0.15, 0.2) is 36.9 Å². The Morgan fingerprint density at radius 1 is 1.40 bits per heavy atom. The molecule has 6 heteroatoms. The van der Waals surface area contributed by atoms with Crippen LogP contribution in [0.25, 0.3) is 0 Å². The Hall–Kier alpha value is -0.330. The van der Waals surface area contributed by atoms with E-state index in [-0.39, 0.29) is 35.3 Å². The number of hydrogen-bond donors (Lipinski definition) is 0. The molecule has 0 spiro atoms. The maximum Gasteiger partial charge on any atom is 1.00 e. The van der Waals surface area contributed by atoms with Crippen molar-refractivity contribution in [2.24, 2.45) is 0 Å². The normalized spacial score (nSPS) is 10.2. The van der Waals surface area contributed by atoms with Gasteiger partial charge in [-0.05, 0) is 18.1 Å². The minimum Gasteiger partial charge on any atom is -0.716 e. The van der Waals surface area contributed by atoms with E-state index in [0.717, 1.165) is 0 Å². The van der Waals surface area contributed by atoms with Gasteiger partial charge in [0, 0.05) is 0 Å². The topological polar surface area (TPSA) is 66.4 Å². The molecule has 0 radical (unpaired) electrons. The maximum absolute atomic E-state index is 10.4. The molecule has 0 N–H and O–H groups in total. The molecule has 1 aromatic rings. The smallest absolute Gasteiger partial charge is 0.716 e. The molecule has 76 valence electrons. The standard InChI is InChI=1S/C9H10O4S.Na/c1-2-5-8-6-3-4-7-9(8)13-14(10,11)12;/h2-4,6-7H,1,5H2,(H,10,11,12);/q;+1/p-1. The van der Waals surface area contributed by atoms with Crippen molar-refractivity contribution in [1.29, 1.82) is 0 Å². The molecule has 0 heterocycles. The van der Waals surface area contributed by atoms with E-state index in [0.29, 0.717) is 12.0 Å². The first kappa shape index (κ1) is 14.7. The first-order chi connectivity index (χ1) is 6.53. The monoisotopic (exact) mass is 236 g/mol. The van der Waals surface area contributed by atoms with Crippen molar-refractivity contribution in [3.63, 3.8) is 0 Å². The summed E-state index contributed by atoms with van der Waals surface area (Å²) in [6, 6.07) is 6.41. The molecule has 0 aromatic heterocycles. The van der Waals surface area contributed by atoms with Crippen molar-refractivity contribution in [3.8, 4) is 5.75 Å². The van der Waals surface area contributed by atoms with Crippen molar-refractivity contribution >= 4 is 10.4 Å². The van der Waals surface area contributed by atoms with Crippen LogP contribution in [0.5, 0.6) is 5.75 Å². The molecule has 0 saturated carbocycles. The van der Waals surface area contributed by atoms with Gasteiger partial charge in [-0.2, -0.15) is 0 Å². The second-order valence-electron chi connectivity index (χ2n) is 2.59. The van der Waals surface area contributed by atoms with Gasteiger partial charge < -0.3 is 8.74 Å². The van der Waals surface area contributed by atoms with Gasteiger partial charge in [0.05, 0.1) is 0 Å². The largest absolute Gasteiger partial charge is 1.00 e. The molecule has 0 aliphatic heterocycles. The first-order valence-corrected chi connectivity index (χ1v) is 5.20. The average molecular weight is 236 g/mol. The SMILES string of the molecule is C=CCc1ccccc1OS(=O)(=O)[O-].[Na+]. The van der Waals surface area contributed by atoms with E-state index in [1.54, 1.807) is 24.3 Å². The Balaban J connectivity index is 0.00000196. The van der Waals surface area contributed by atoms with E-state index >= 15 is 0 Å². The Labute approximate surface area is 111 Å². The predicted octanol–water partition coefficient (Wildman–Crippen LogP) is -1.74. The minimum absolute atomic E-state index is 0. The number of allylic oxidation sites excluding steroid dienone is 1. The summed E-state index contributed by atoms with van der Waals surface area (Å²) in [5, 5.41) is 0. The Kier molecular flexibility index (Phi) is 6.16. The Morgan fingerprint density at radius 2 is 2.00 bits per heavy atom. The third kappa shape index (κ3) is 5.34. The van der Waals surface area contributed by atoms with E-state index in [1.165, 1.54) is 6.07 Å². The zero-order valence-electron chi connectivity index (χ0n) is 8.34. The summed E-state index contributed by atoms with van der Waals surface area (Å²) in [4.78, 5) is 0. The molecule has 0 aliphatic rings. The van der Waals surface area contributed by atoms with Crippen LogP contribution in [0.3, 0.4) is 0 Å².